The number of carbonyl (C=O) groups excluding carboxylic acids is 2. The quantitative estimate of drug-likeness (QED) is 0.826. The van der Waals surface area contributed by atoms with Gasteiger partial charge in [-0.3, -0.25) is 0 Å². The van der Waals surface area contributed by atoms with E-state index in [2.05, 4.69) is 10.1 Å². The Balaban J connectivity index is 0.00000441. The summed E-state index contributed by atoms with van der Waals surface area (Å²) < 4.78 is 9.66. The van der Waals surface area contributed by atoms with Gasteiger partial charge in [0.05, 0.1) is 13.2 Å². The summed E-state index contributed by atoms with van der Waals surface area (Å²) in [5, 5.41) is 12.5. The highest BCUT2D eigenvalue weighted by atomic mass is 35.5. The topological polar surface area (TPSA) is 84.9 Å². The van der Waals surface area contributed by atoms with E-state index >= 15 is 0 Å². The van der Waals surface area contributed by atoms with Gasteiger partial charge in [-0.05, 0) is 26.3 Å². The molecular formula is C15H22ClNO5. The van der Waals surface area contributed by atoms with Crippen molar-refractivity contribution in [3.05, 3.63) is 35.9 Å². The highest BCUT2D eigenvalue weighted by molar-refractivity contribution is 5.85. The second-order valence-corrected chi connectivity index (χ2v) is 5.50. The third-order valence-electron chi connectivity index (χ3n) is 2.59. The minimum absolute atomic E-state index is 0. The van der Waals surface area contributed by atoms with E-state index in [9.17, 15) is 14.7 Å². The van der Waals surface area contributed by atoms with Gasteiger partial charge in [-0.25, -0.2) is 9.59 Å². The predicted octanol–water partition coefficient (Wildman–Crippen LogP) is 2.21. The SMILES string of the molecule is COC(=O)[C@@H](O)[C@@H](NC(=O)OC(C)(C)C)c1ccccc1.Cl. The molecule has 0 saturated carbocycles. The van der Waals surface area contributed by atoms with Crippen LogP contribution in [0.5, 0.6) is 0 Å². The lowest BCUT2D eigenvalue weighted by Gasteiger charge is -2.25. The predicted molar refractivity (Wildman–Crippen MR) is 83.8 cm³/mol. The molecule has 0 aromatic heterocycles. The molecule has 0 heterocycles. The number of aliphatic hydroxyl groups is 1. The first-order chi connectivity index (χ1) is 9.74. The van der Waals surface area contributed by atoms with Crippen LogP contribution in [0.4, 0.5) is 4.79 Å². The fraction of sp³-hybridized carbons (Fsp3) is 0.467. The van der Waals surface area contributed by atoms with Gasteiger partial charge in [0.25, 0.3) is 0 Å². The van der Waals surface area contributed by atoms with Crippen molar-refractivity contribution in [2.24, 2.45) is 0 Å². The Hall–Kier alpha value is -1.79. The van der Waals surface area contributed by atoms with Gasteiger partial charge >= 0.3 is 12.1 Å². The summed E-state index contributed by atoms with van der Waals surface area (Å²) in [4.78, 5) is 23.4. The van der Waals surface area contributed by atoms with Gasteiger partial charge in [0.2, 0.25) is 0 Å². The van der Waals surface area contributed by atoms with Crippen LogP contribution in [-0.2, 0) is 14.3 Å². The zero-order valence-electron chi connectivity index (χ0n) is 13.0. The smallest absolute Gasteiger partial charge is 0.408 e. The zero-order valence-corrected chi connectivity index (χ0v) is 13.8. The minimum Gasteiger partial charge on any atom is -0.467 e. The molecule has 0 fully saturated rings. The third kappa shape index (κ3) is 6.32. The van der Waals surface area contributed by atoms with Gasteiger partial charge in [0, 0.05) is 0 Å². The summed E-state index contributed by atoms with van der Waals surface area (Å²) in [7, 11) is 1.17. The fourth-order valence-electron chi connectivity index (χ4n) is 1.70. The van der Waals surface area contributed by atoms with Crippen molar-refractivity contribution in [2.45, 2.75) is 38.5 Å². The van der Waals surface area contributed by atoms with Crippen LogP contribution in [0.2, 0.25) is 0 Å². The van der Waals surface area contributed by atoms with Crippen molar-refractivity contribution in [1.29, 1.82) is 0 Å². The number of hydrogen-bond acceptors (Lipinski definition) is 5. The van der Waals surface area contributed by atoms with Crippen LogP contribution < -0.4 is 5.32 Å². The van der Waals surface area contributed by atoms with Crippen molar-refractivity contribution in [1.82, 2.24) is 5.32 Å². The summed E-state index contributed by atoms with van der Waals surface area (Å²) in [6, 6.07) is 7.70. The van der Waals surface area contributed by atoms with E-state index in [4.69, 9.17) is 4.74 Å². The van der Waals surface area contributed by atoms with Crippen LogP contribution in [-0.4, -0.2) is 36.0 Å². The molecule has 22 heavy (non-hydrogen) atoms. The Morgan fingerprint density at radius 1 is 1.18 bits per heavy atom. The molecule has 2 N–H and O–H groups in total. The standard InChI is InChI=1S/C15H21NO5.ClH/c1-15(2,3)21-14(19)16-11(12(17)13(18)20-4)10-8-6-5-7-9-10;/h5-9,11-12,17H,1-4H3,(H,16,19);1H/t11-,12-;/m0./s1. The lowest BCUT2D eigenvalue weighted by Crippen LogP contribution is -2.43. The number of alkyl carbamates (subject to hydrolysis) is 1. The lowest BCUT2D eigenvalue weighted by atomic mass is 10.0. The van der Waals surface area contributed by atoms with Crippen molar-refractivity contribution < 1.29 is 24.2 Å². The number of rotatable bonds is 4. The number of halogens is 1. The van der Waals surface area contributed by atoms with E-state index in [1.807, 2.05) is 0 Å². The van der Waals surface area contributed by atoms with E-state index < -0.39 is 29.8 Å². The molecular weight excluding hydrogens is 310 g/mol. The Bertz CT molecular complexity index is 486. The maximum atomic E-state index is 11.9. The summed E-state index contributed by atoms with van der Waals surface area (Å²) >= 11 is 0. The number of amides is 1. The van der Waals surface area contributed by atoms with Crippen LogP contribution in [0.3, 0.4) is 0 Å². The second kappa shape index (κ2) is 8.60. The number of benzene rings is 1. The van der Waals surface area contributed by atoms with E-state index in [0.717, 1.165) is 0 Å². The van der Waals surface area contributed by atoms with Gasteiger partial charge in [0.1, 0.15) is 5.60 Å². The van der Waals surface area contributed by atoms with Gasteiger partial charge in [-0.1, -0.05) is 30.3 Å². The van der Waals surface area contributed by atoms with Gasteiger partial charge < -0.3 is 19.9 Å². The number of hydrogen-bond donors (Lipinski definition) is 2. The Kier molecular flexibility index (Phi) is 7.90. The molecule has 0 bridgehead atoms. The fourth-order valence-corrected chi connectivity index (χ4v) is 1.70. The molecule has 6 nitrogen and oxygen atoms in total. The molecule has 0 saturated heterocycles. The lowest BCUT2D eigenvalue weighted by molar-refractivity contribution is -0.152. The number of carbonyl (C=O) groups is 2. The van der Waals surface area contributed by atoms with E-state index in [0.29, 0.717) is 5.56 Å². The molecule has 2 atom stereocenters. The molecule has 0 radical (unpaired) electrons. The number of nitrogens with one attached hydrogen (secondary N) is 1. The monoisotopic (exact) mass is 331 g/mol. The second-order valence-electron chi connectivity index (χ2n) is 5.50. The van der Waals surface area contributed by atoms with Gasteiger partial charge in [-0.15, -0.1) is 12.4 Å². The molecule has 1 rings (SSSR count). The first-order valence-electron chi connectivity index (χ1n) is 6.55. The van der Waals surface area contributed by atoms with Crippen LogP contribution in [0.1, 0.15) is 32.4 Å². The van der Waals surface area contributed by atoms with Crippen LogP contribution in [0.15, 0.2) is 30.3 Å². The van der Waals surface area contributed by atoms with Crippen molar-refractivity contribution in [3.63, 3.8) is 0 Å². The largest absolute Gasteiger partial charge is 0.467 e. The van der Waals surface area contributed by atoms with E-state index in [-0.39, 0.29) is 12.4 Å². The number of aliphatic hydroxyl groups excluding tert-OH is 1. The number of ether oxygens (including phenoxy) is 2. The zero-order chi connectivity index (χ0) is 16.0. The molecule has 1 aromatic carbocycles. The molecule has 0 aliphatic heterocycles. The van der Waals surface area contributed by atoms with E-state index in [1.54, 1.807) is 51.1 Å². The van der Waals surface area contributed by atoms with Gasteiger partial charge in [0.15, 0.2) is 6.10 Å². The molecule has 0 aliphatic carbocycles. The molecule has 124 valence electrons. The Morgan fingerprint density at radius 2 is 1.73 bits per heavy atom. The average molecular weight is 332 g/mol. The number of esters is 1. The van der Waals surface area contributed by atoms with Crippen molar-refractivity contribution in [3.8, 4) is 0 Å². The molecule has 1 aromatic rings. The Morgan fingerprint density at radius 3 is 2.18 bits per heavy atom. The minimum atomic E-state index is -1.52. The summed E-state index contributed by atoms with van der Waals surface area (Å²) in [5.41, 5.74) is -0.108. The molecule has 1 amide bonds. The summed E-state index contributed by atoms with van der Waals surface area (Å²) in [5.74, 6) is -0.833. The Labute approximate surface area is 136 Å². The number of methoxy groups -OCH3 is 1. The maximum absolute atomic E-state index is 11.9. The first kappa shape index (κ1) is 20.2. The highest BCUT2D eigenvalue weighted by Gasteiger charge is 2.31. The van der Waals surface area contributed by atoms with Gasteiger partial charge in [-0.2, -0.15) is 0 Å². The molecule has 0 spiro atoms. The van der Waals surface area contributed by atoms with Crippen LogP contribution in [0.25, 0.3) is 0 Å². The van der Waals surface area contributed by atoms with Crippen molar-refractivity contribution in [2.75, 3.05) is 7.11 Å². The summed E-state index contributed by atoms with van der Waals surface area (Å²) in [6.45, 7) is 5.17. The first-order valence-corrected chi connectivity index (χ1v) is 6.55. The van der Waals surface area contributed by atoms with Crippen molar-refractivity contribution >= 4 is 24.5 Å². The molecule has 0 aliphatic rings. The highest BCUT2D eigenvalue weighted by Crippen LogP contribution is 2.19. The van der Waals surface area contributed by atoms with Crippen LogP contribution in [0, 0.1) is 0 Å². The molecule has 0 unspecified atom stereocenters. The summed E-state index contributed by atoms with van der Waals surface area (Å²) in [6.07, 6.45) is -2.25. The van der Waals surface area contributed by atoms with E-state index in [1.165, 1.54) is 7.11 Å². The third-order valence-corrected chi connectivity index (χ3v) is 2.59. The maximum Gasteiger partial charge on any atom is 0.408 e. The average Bonchev–Trinajstić information content (AvgIpc) is 2.42. The normalized spacial score (nSPS) is 13.3. The molecule has 7 heteroatoms. The van der Waals surface area contributed by atoms with Crippen LogP contribution >= 0.6 is 12.4 Å².